The molecule has 17 heavy (non-hydrogen) atoms. The van der Waals surface area contributed by atoms with Gasteiger partial charge in [0, 0.05) is 11.8 Å². The van der Waals surface area contributed by atoms with Crippen LogP contribution < -0.4 is 0 Å². The van der Waals surface area contributed by atoms with E-state index in [1.807, 2.05) is 23.0 Å². The molecule has 0 fully saturated rings. The molecule has 0 saturated heterocycles. The van der Waals surface area contributed by atoms with Crippen LogP contribution in [-0.4, -0.2) is 9.78 Å². The average molecular weight is 240 g/mol. The van der Waals surface area contributed by atoms with Gasteiger partial charge in [0.15, 0.2) is 0 Å². The Morgan fingerprint density at radius 1 is 1.06 bits per heavy atom. The Morgan fingerprint density at radius 3 is 2.71 bits per heavy atom. The Kier molecular flexibility index (Phi) is 2.53. The van der Waals surface area contributed by atoms with Gasteiger partial charge in [0.25, 0.3) is 0 Å². The molecule has 3 rings (SSSR count). The highest BCUT2D eigenvalue weighted by Gasteiger charge is 2.05. The summed E-state index contributed by atoms with van der Waals surface area (Å²) in [5.41, 5.74) is 3.48. The van der Waals surface area contributed by atoms with E-state index < -0.39 is 0 Å². The Hall–Kier alpha value is -1.87. The molecule has 0 aliphatic carbocycles. The van der Waals surface area contributed by atoms with Crippen LogP contribution in [0.15, 0.2) is 54.0 Å². The molecule has 0 N–H and O–H groups in total. The highest BCUT2D eigenvalue weighted by atomic mass is 32.1. The predicted molar refractivity (Wildman–Crippen MR) is 71.6 cm³/mol. The van der Waals surface area contributed by atoms with Crippen molar-refractivity contribution in [3.05, 3.63) is 59.6 Å². The maximum absolute atomic E-state index is 4.61. The second-order valence-electron chi connectivity index (χ2n) is 3.91. The molecule has 0 amide bonds. The highest BCUT2D eigenvalue weighted by molar-refractivity contribution is 7.12. The number of hydrogen-bond donors (Lipinski definition) is 0. The molecule has 0 aliphatic rings. The van der Waals surface area contributed by atoms with Crippen molar-refractivity contribution in [2.45, 2.75) is 6.92 Å². The van der Waals surface area contributed by atoms with Crippen molar-refractivity contribution >= 4 is 11.3 Å². The van der Waals surface area contributed by atoms with Crippen LogP contribution in [0.25, 0.3) is 16.3 Å². The lowest BCUT2D eigenvalue weighted by molar-refractivity contribution is 0.901. The molecule has 0 atom stereocenters. The molecular weight excluding hydrogens is 228 g/mol. The number of aryl methyl sites for hydroxylation is 1. The number of nitrogens with zero attached hydrogens (tertiary/aromatic N) is 2. The average Bonchev–Trinajstić information content (AvgIpc) is 3.00. The zero-order valence-electron chi connectivity index (χ0n) is 9.50. The van der Waals surface area contributed by atoms with Crippen molar-refractivity contribution < 1.29 is 0 Å². The monoisotopic (exact) mass is 240 g/mol. The van der Waals surface area contributed by atoms with Gasteiger partial charge >= 0.3 is 0 Å². The van der Waals surface area contributed by atoms with Crippen LogP contribution in [-0.2, 0) is 0 Å². The third-order valence-corrected chi connectivity index (χ3v) is 3.60. The number of benzene rings is 1. The first kappa shape index (κ1) is 10.3. The van der Waals surface area contributed by atoms with Crippen molar-refractivity contribution in [3.63, 3.8) is 0 Å². The molecule has 0 aliphatic heterocycles. The van der Waals surface area contributed by atoms with Gasteiger partial charge in [0.2, 0.25) is 0 Å². The third-order valence-electron chi connectivity index (χ3n) is 2.74. The van der Waals surface area contributed by atoms with E-state index >= 15 is 0 Å². The molecule has 2 aromatic heterocycles. The van der Waals surface area contributed by atoms with Crippen LogP contribution in [0.4, 0.5) is 0 Å². The lowest BCUT2D eigenvalue weighted by Gasteiger charge is -2.01. The fourth-order valence-corrected chi connectivity index (χ4v) is 2.51. The first-order valence-electron chi connectivity index (χ1n) is 5.50. The van der Waals surface area contributed by atoms with Crippen LogP contribution >= 0.6 is 11.3 Å². The minimum atomic E-state index is 1.02. The van der Waals surface area contributed by atoms with Gasteiger partial charge in [0.1, 0.15) is 5.00 Å². The van der Waals surface area contributed by atoms with Gasteiger partial charge in [-0.05, 0) is 36.1 Å². The summed E-state index contributed by atoms with van der Waals surface area (Å²) in [7, 11) is 0. The van der Waals surface area contributed by atoms with Crippen molar-refractivity contribution in [1.29, 1.82) is 0 Å². The van der Waals surface area contributed by atoms with Gasteiger partial charge in [0.05, 0.1) is 5.69 Å². The van der Waals surface area contributed by atoms with Crippen molar-refractivity contribution in [1.82, 2.24) is 9.78 Å². The summed E-state index contributed by atoms with van der Waals surface area (Å²) in [4.78, 5) is 0. The molecule has 0 unspecified atom stereocenters. The van der Waals surface area contributed by atoms with Crippen LogP contribution in [0.1, 0.15) is 5.56 Å². The van der Waals surface area contributed by atoms with E-state index in [0.717, 1.165) is 10.7 Å². The lowest BCUT2D eigenvalue weighted by atomic mass is 10.1. The second kappa shape index (κ2) is 4.18. The maximum atomic E-state index is 4.61. The quantitative estimate of drug-likeness (QED) is 0.664. The molecule has 2 heterocycles. The van der Waals surface area contributed by atoms with Crippen LogP contribution in [0.3, 0.4) is 0 Å². The fraction of sp³-hybridized carbons (Fsp3) is 0.0714. The Labute approximate surface area is 104 Å². The minimum absolute atomic E-state index is 1.02. The van der Waals surface area contributed by atoms with Crippen molar-refractivity contribution in [2.24, 2.45) is 0 Å². The smallest absolute Gasteiger partial charge is 0.117 e. The molecule has 84 valence electrons. The Balaban J connectivity index is 2.04. The van der Waals surface area contributed by atoms with E-state index in [-0.39, 0.29) is 0 Å². The summed E-state index contributed by atoms with van der Waals surface area (Å²) in [5, 5.41) is 7.81. The maximum Gasteiger partial charge on any atom is 0.117 e. The summed E-state index contributed by atoms with van der Waals surface area (Å²) in [6, 6.07) is 14.5. The zero-order chi connectivity index (χ0) is 11.7. The SMILES string of the molecule is Cc1ccccc1-c1ccn(-c2cccs2)n1. The summed E-state index contributed by atoms with van der Waals surface area (Å²) in [5.74, 6) is 0. The Bertz CT molecular complexity index is 623. The first-order valence-corrected chi connectivity index (χ1v) is 6.38. The van der Waals surface area contributed by atoms with E-state index in [9.17, 15) is 0 Å². The fourth-order valence-electron chi connectivity index (χ4n) is 1.85. The molecule has 1 aromatic carbocycles. The summed E-state index contributed by atoms with van der Waals surface area (Å²) >= 11 is 1.69. The normalized spacial score (nSPS) is 10.6. The van der Waals surface area contributed by atoms with E-state index in [4.69, 9.17) is 0 Å². The van der Waals surface area contributed by atoms with E-state index in [1.54, 1.807) is 11.3 Å². The molecule has 2 nitrogen and oxygen atoms in total. The number of hydrogen-bond acceptors (Lipinski definition) is 2. The highest BCUT2D eigenvalue weighted by Crippen LogP contribution is 2.23. The van der Waals surface area contributed by atoms with Crippen molar-refractivity contribution in [2.75, 3.05) is 0 Å². The van der Waals surface area contributed by atoms with Crippen LogP contribution in [0, 0.1) is 6.92 Å². The molecule has 0 radical (unpaired) electrons. The van der Waals surface area contributed by atoms with E-state index in [1.165, 1.54) is 11.1 Å². The largest absolute Gasteiger partial charge is 0.230 e. The first-order chi connectivity index (χ1) is 8.34. The zero-order valence-corrected chi connectivity index (χ0v) is 10.3. The number of rotatable bonds is 2. The number of aromatic nitrogens is 2. The third kappa shape index (κ3) is 1.89. The van der Waals surface area contributed by atoms with Gasteiger partial charge in [-0.3, -0.25) is 0 Å². The van der Waals surface area contributed by atoms with Gasteiger partial charge in [-0.2, -0.15) is 5.10 Å². The van der Waals surface area contributed by atoms with Gasteiger partial charge in [-0.15, -0.1) is 11.3 Å². The summed E-state index contributed by atoms with van der Waals surface area (Å²) in [6.45, 7) is 2.11. The molecule has 0 bridgehead atoms. The predicted octanol–water partition coefficient (Wildman–Crippen LogP) is 3.91. The van der Waals surface area contributed by atoms with Crippen LogP contribution in [0.5, 0.6) is 0 Å². The molecule has 0 saturated carbocycles. The lowest BCUT2D eigenvalue weighted by Crippen LogP contribution is -1.91. The Morgan fingerprint density at radius 2 is 1.94 bits per heavy atom. The molecule has 3 aromatic rings. The van der Waals surface area contributed by atoms with Gasteiger partial charge < -0.3 is 0 Å². The molecule has 3 heteroatoms. The topological polar surface area (TPSA) is 17.8 Å². The van der Waals surface area contributed by atoms with E-state index in [2.05, 4.69) is 47.7 Å². The van der Waals surface area contributed by atoms with Crippen LogP contribution in [0.2, 0.25) is 0 Å². The van der Waals surface area contributed by atoms with E-state index in [0.29, 0.717) is 0 Å². The molecular formula is C14H12N2S. The van der Waals surface area contributed by atoms with Crippen molar-refractivity contribution in [3.8, 4) is 16.3 Å². The summed E-state index contributed by atoms with van der Waals surface area (Å²) < 4.78 is 1.92. The standard InChI is InChI=1S/C14H12N2S/c1-11-5-2-3-6-12(11)13-8-9-16(15-13)14-7-4-10-17-14/h2-10H,1H3. The van der Waals surface area contributed by atoms with Gasteiger partial charge in [-0.25, -0.2) is 4.68 Å². The summed E-state index contributed by atoms with van der Waals surface area (Å²) in [6.07, 6.45) is 2.01. The molecule has 0 spiro atoms. The minimum Gasteiger partial charge on any atom is -0.230 e. The van der Waals surface area contributed by atoms with Gasteiger partial charge in [-0.1, -0.05) is 24.3 Å². The second-order valence-corrected chi connectivity index (χ2v) is 4.84. The number of thiophene rings is 1.